The number of anilines is 1. The largest absolute Gasteiger partial charge is 0.456 e. The zero-order valence-corrected chi connectivity index (χ0v) is 16.9. The minimum absolute atomic E-state index is 0.197. The number of nitrogens with zero attached hydrogens (tertiary/aromatic N) is 2. The van der Waals surface area contributed by atoms with E-state index < -0.39 is 0 Å². The molecule has 1 fully saturated rings. The number of carbonyl (C=O) groups is 2. The number of nitrogens with one attached hydrogen (secondary N) is 1. The van der Waals surface area contributed by atoms with Crippen LogP contribution in [-0.2, 0) is 14.3 Å². The number of amides is 1. The molecule has 1 aliphatic rings. The van der Waals surface area contributed by atoms with Crippen LogP contribution in [0.4, 0.5) is 5.82 Å². The van der Waals surface area contributed by atoms with E-state index in [1.54, 1.807) is 0 Å². The lowest BCUT2D eigenvalue weighted by Gasteiger charge is -2.33. The molecule has 1 saturated heterocycles. The zero-order chi connectivity index (χ0) is 19.9. The predicted molar refractivity (Wildman–Crippen MR) is 111 cm³/mol. The van der Waals surface area contributed by atoms with Crippen LogP contribution in [0.1, 0.15) is 32.1 Å². The topological polar surface area (TPSA) is 71.5 Å². The lowest BCUT2D eigenvalue weighted by Crippen LogP contribution is -2.34. The number of likely N-dealkylation sites (N-methyl/N-ethyl adjacent to an activating group) is 1. The summed E-state index contributed by atoms with van der Waals surface area (Å²) >= 11 is 6.10. The smallest absolute Gasteiger partial charge is 0.306 e. The second kappa shape index (κ2) is 9.73. The fraction of sp³-hybridized carbons (Fsp3) is 0.476. The maximum Gasteiger partial charge on any atom is 0.306 e. The summed E-state index contributed by atoms with van der Waals surface area (Å²) in [5, 5.41) is 5.35. The molecule has 0 atom stereocenters. The van der Waals surface area contributed by atoms with Crippen LogP contribution in [0.15, 0.2) is 30.5 Å². The van der Waals surface area contributed by atoms with Gasteiger partial charge in [0.25, 0.3) is 5.91 Å². The lowest BCUT2D eigenvalue weighted by atomic mass is 9.91. The lowest BCUT2D eigenvalue weighted by molar-refractivity contribution is -0.148. The minimum atomic E-state index is -0.305. The molecule has 0 unspecified atom stereocenters. The van der Waals surface area contributed by atoms with Crippen molar-refractivity contribution in [2.45, 2.75) is 32.1 Å². The Labute approximate surface area is 170 Å². The third-order valence-corrected chi connectivity index (χ3v) is 5.48. The fourth-order valence-electron chi connectivity index (χ4n) is 3.55. The van der Waals surface area contributed by atoms with Gasteiger partial charge in [-0.25, -0.2) is 4.98 Å². The molecule has 2 heterocycles. The number of benzene rings is 1. The number of hydrogen-bond donors (Lipinski definition) is 1. The number of ether oxygens (including phenoxy) is 1. The van der Waals surface area contributed by atoms with Gasteiger partial charge in [-0.1, -0.05) is 17.7 Å². The number of esters is 1. The maximum atomic E-state index is 11.6. The van der Waals surface area contributed by atoms with E-state index in [-0.39, 0.29) is 18.5 Å². The van der Waals surface area contributed by atoms with Gasteiger partial charge < -0.3 is 15.0 Å². The number of rotatable bonds is 7. The van der Waals surface area contributed by atoms with Crippen molar-refractivity contribution >= 4 is 40.1 Å². The van der Waals surface area contributed by atoms with Gasteiger partial charge in [-0.3, -0.25) is 9.59 Å². The Morgan fingerprint density at radius 3 is 2.79 bits per heavy atom. The third kappa shape index (κ3) is 5.58. The minimum Gasteiger partial charge on any atom is -0.456 e. The first-order valence-corrected chi connectivity index (χ1v) is 10.1. The van der Waals surface area contributed by atoms with E-state index in [1.165, 1.54) is 7.05 Å². The van der Waals surface area contributed by atoms with E-state index in [1.807, 2.05) is 24.4 Å². The van der Waals surface area contributed by atoms with Gasteiger partial charge in [-0.2, -0.15) is 0 Å². The molecular weight excluding hydrogens is 378 g/mol. The third-order valence-electron chi connectivity index (χ3n) is 5.24. The predicted octanol–water partition coefficient (Wildman–Crippen LogP) is 3.56. The molecule has 6 nitrogen and oxygen atoms in total. The number of carbonyl (C=O) groups excluding carboxylic acids is 2. The zero-order valence-electron chi connectivity index (χ0n) is 16.1. The summed E-state index contributed by atoms with van der Waals surface area (Å²) in [5.41, 5.74) is 0. The molecule has 2 aromatic rings. The Balaban J connectivity index is 1.42. The van der Waals surface area contributed by atoms with Crippen LogP contribution >= 0.6 is 11.6 Å². The van der Waals surface area contributed by atoms with Gasteiger partial charge in [0.15, 0.2) is 6.61 Å². The van der Waals surface area contributed by atoms with Gasteiger partial charge in [0.05, 0.1) is 0 Å². The summed E-state index contributed by atoms with van der Waals surface area (Å²) < 4.78 is 4.93. The van der Waals surface area contributed by atoms with Gasteiger partial charge in [0, 0.05) is 43.2 Å². The quantitative estimate of drug-likeness (QED) is 0.715. The molecule has 0 bridgehead atoms. The number of hydrogen-bond acceptors (Lipinski definition) is 5. The Morgan fingerprint density at radius 2 is 2.04 bits per heavy atom. The highest BCUT2D eigenvalue weighted by molar-refractivity contribution is 6.31. The summed E-state index contributed by atoms with van der Waals surface area (Å²) in [6.45, 7) is 1.73. The standard InChI is InChI=1S/C21H26ClN3O3/c1-23-20(26)14-28-21(27)4-2-3-15-7-9-25(10-8-15)19-12-17-11-18(22)6-5-16(17)13-24-19/h5-6,11-13,15H,2-4,7-10,14H2,1H3,(H,23,26). The monoisotopic (exact) mass is 403 g/mol. The number of aromatic nitrogens is 1. The molecule has 1 amide bonds. The fourth-order valence-corrected chi connectivity index (χ4v) is 3.73. The first-order chi connectivity index (χ1) is 13.5. The summed E-state index contributed by atoms with van der Waals surface area (Å²) in [5.74, 6) is 1.01. The van der Waals surface area contributed by atoms with Crippen molar-refractivity contribution in [3.8, 4) is 0 Å². The molecular formula is C21H26ClN3O3. The molecule has 0 spiro atoms. The molecule has 1 aromatic carbocycles. The van der Waals surface area contributed by atoms with Gasteiger partial charge in [0.1, 0.15) is 5.82 Å². The van der Waals surface area contributed by atoms with Crippen LogP contribution in [0, 0.1) is 5.92 Å². The SMILES string of the molecule is CNC(=O)COC(=O)CCCC1CCN(c2cc3cc(Cl)ccc3cn2)CC1. The van der Waals surface area contributed by atoms with Crippen LogP contribution in [0.3, 0.4) is 0 Å². The van der Waals surface area contributed by atoms with Crippen LogP contribution < -0.4 is 10.2 Å². The van der Waals surface area contributed by atoms with E-state index in [9.17, 15) is 9.59 Å². The van der Waals surface area contributed by atoms with Crippen molar-refractivity contribution in [2.75, 3.05) is 31.6 Å². The van der Waals surface area contributed by atoms with Crippen LogP contribution in [0.5, 0.6) is 0 Å². The van der Waals surface area contributed by atoms with Crippen LogP contribution in [0.2, 0.25) is 5.02 Å². The summed E-state index contributed by atoms with van der Waals surface area (Å²) in [6.07, 6.45) is 6.24. The average Bonchev–Trinajstić information content (AvgIpc) is 2.72. The number of fused-ring (bicyclic) bond motifs is 1. The van der Waals surface area contributed by atoms with Gasteiger partial charge in [-0.15, -0.1) is 0 Å². The first kappa shape index (κ1) is 20.4. The van der Waals surface area contributed by atoms with Crippen LogP contribution in [0.25, 0.3) is 10.8 Å². The van der Waals surface area contributed by atoms with Crippen molar-refractivity contribution in [1.29, 1.82) is 0 Å². The van der Waals surface area contributed by atoms with E-state index in [4.69, 9.17) is 16.3 Å². The number of piperidine rings is 1. The Morgan fingerprint density at radius 1 is 1.25 bits per heavy atom. The molecule has 3 rings (SSSR count). The molecule has 1 aliphatic heterocycles. The van der Waals surface area contributed by atoms with Crippen molar-refractivity contribution in [1.82, 2.24) is 10.3 Å². The van der Waals surface area contributed by atoms with E-state index in [0.29, 0.717) is 12.3 Å². The molecule has 7 heteroatoms. The van der Waals surface area contributed by atoms with Gasteiger partial charge in [-0.05, 0) is 55.2 Å². The second-order valence-electron chi connectivity index (χ2n) is 7.19. The maximum absolute atomic E-state index is 11.6. The Hall–Kier alpha value is -2.34. The second-order valence-corrected chi connectivity index (χ2v) is 7.63. The highest BCUT2D eigenvalue weighted by atomic mass is 35.5. The van der Waals surface area contributed by atoms with Crippen LogP contribution in [-0.4, -0.2) is 43.6 Å². The average molecular weight is 404 g/mol. The van der Waals surface area contributed by atoms with Gasteiger partial charge in [0.2, 0.25) is 0 Å². The first-order valence-electron chi connectivity index (χ1n) is 9.71. The number of halogens is 1. The van der Waals surface area contributed by atoms with E-state index in [0.717, 1.165) is 60.4 Å². The normalized spacial score (nSPS) is 14.9. The highest BCUT2D eigenvalue weighted by Gasteiger charge is 2.20. The van der Waals surface area contributed by atoms with E-state index in [2.05, 4.69) is 21.3 Å². The van der Waals surface area contributed by atoms with Crippen molar-refractivity contribution in [2.24, 2.45) is 5.92 Å². The Kier molecular flexibility index (Phi) is 7.09. The Bertz CT molecular complexity index is 835. The molecule has 28 heavy (non-hydrogen) atoms. The summed E-state index contributed by atoms with van der Waals surface area (Å²) in [4.78, 5) is 29.6. The molecule has 150 valence electrons. The van der Waals surface area contributed by atoms with Crippen molar-refractivity contribution in [3.05, 3.63) is 35.5 Å². The molecule has 0 radical (unpaired) electrons. The molecule has 1 aromatic heterocycles. The summed E-state index contributed by atoms with van der Waals surface area (Å²) in [7, 11) is 1.52. The van der Waals surface area contributed by atoms with Gasteiger partial charge >= 0.3 is 5.97 Å². The van der Waals surface area contributed by atoms with Crippen molar-refractivity contribution < 1.29 is 14.3 Å². The summed E-state index contributed by atoms with van der Waals surface area (Å²) in [6, 6.07) is 7.94. The van der Waals surface area contributed by atoms with E-state index >= 15 is 0 Å². The number of pyridine rings is 1. The molecule has 1 N–H and O–H groups in total. The van der Waals surface area contributed by atoms with Crippen molar-refractivity contribution in [3.63, 3.8) is 0 Å². The highest BCUT2D eigenvalue weighted by Crippen LogP contribution is 2.28. The molecule has 0 saturated carbocycles. The molecule has 0 aliphatic carbocycles.